The number of Topliss-reactive ketones (excluding diaryl/α,β-unsaturated/α-hetero) is 1. The third-order valence-electron chi connectivity index (χ3n) is 1.40. The lowest BCUT2D eigenvalue weighted by molar-refractivity contribution is -0.118. The van der Waals surface area contributed by atoms with E-state index >= 15 is 0 Å². The lowest BCUT2D eigenvalue weighted by Gasteiger charge is -1.87. The quantitative estimate of drug-likeness (QED) is 0.440. The zero-order valence-electron chi connectivity index (χ0n) is 6.94. The van der Waals surface area contributed by atoms with Gasteiger partial charge in [-0.1, -0.05) is 12.8 Å². The minimum Gasteiger partial charge on any atom is -0.300 e. The van der Waals surface area contributed by atoms with Crippen molar-refractivity contribution in [2.75, 3.05) is 0 Å². The molecule has 0 saturated heterocycles. The Morgan fingerprint density at radius 1 is 1.25 bits per heavy atom. The normalized spacial score (nSPS) is 32.8. The molecule has 8 heavy (non-hydrogen) atoms. The number of carbonyl (C=O) groups excluding carboxylic acids is 1. The Kier molecular flexibility index (Phi) is 1.30. The molecular formula is C7H12O. The second kappa shape index (κ2) is 2.85. The summed E-state index contributed by atoms with van der Waals surface area (Å²) >= 11 is 0. The Balaban J connectivity index is 2.61. The van der Waals surface area contributed by atoms with Gasteiger partial charge in [0.2, 0.25) is 0 Å². The zero-order valence-corrected chi connectivity index (χ0v) is 4.94. The summed E-state index contributed by atoms with van der Waals surface area (Å²) in [5, 5.41) is 0. The molecule has 46 valence electrons. The van der Waals surface area contributed by atoms with Crippen molar-refractivity contribution in [3.63, 3.8) is 0 Å². The van der Waals surface area contributed by atoms with E-state index in [0.29, 0.717) is 12.8 Å². The molecule has 0 spiro atoms. The molecule has 0 bridgehead atoms. The summed E-state index contributed by atoms with van der Waals surface area (Å²) in [6.07, 6.45) is 2.08. The number of ketones is 1. The molecule has 0 heterocycles. The summed E-state index contributed by atoms with van der Waals surface area (Å²) in [5.41, 5.74) is 0. The van der Waals surface area contributed by atoms with Crippen LogP contribution in [-0.2, 0) is 4.79 Å². The number of hydrogen-bond donors (Lipinski definition) is 0. The molecule has 0 radical (unpaired) electrons. The predicted molar refractivity (Wildman–Crippen MR) is 32.7 cm³/mol. The van der Waals surface area contributed by atoms with Crippen LogP contribution in [-0.4, -0.2) is 5.78 Å². The van der Waals surface area contributed by atoms with Gasteiger partial charge in [0.05, 0.1) is 0 Å². The summed E-state index contributed by atoms with van der Waals surface area (Å²) in [7, 11) is 0. The van der Waals surface area contributed by atoms with Crippen molar-refractivity contribution in [1.29, 1.82) is 0 Å². The van der Waals surface area contributed by atoms with E-state index in [1.54, 1.807) is 0 Å². The molecule has 1 aliphatic carbocycles. The van der Waals surface area contributed by atoms with E-state index < -0.39 is 6.37 Å². The summed E-state index contributed by atoms with van der Waals surface area (Å²) in [4.78, 5) is 11.0. The topological polar surface area (TPSA) is 17.1 Å². The molecular weight excluding hydrogens is 100 g/mol. The third-order valence-corrected chi connectivity index (χ3v) is 1.40. The Morgan fingerprint density at radius 3 is 2.88 bits per heavy atom. The Hall–Kier alpha value is -0.330. The van der Waals surface area contributed by atoms with Gasteiger partial charge in [-0.25, -0.2) is 0 Å². The first-order valence-electron chi connectivity index (χ1n) is 4.16. The van der Waals surface area contributed by atoms with E-state index in [4.69, 9.17) is 2.74 Å². The summed E-state index contributed by atoms with van der Waals surface area (Å²) in [6, 6.07) is 0. The van der Waals surface area contributed by atoms with Gasteiger partial charge in [-0.05, 0) is 12.8 Å². The van der Waals surface area contributed by atoms with Crippen molar-refractivity contribution in [1.82, 2.24) is 0 Å². The Labute approximate surface area is 52.9 Å². The molecule has 0 atom stereocenters. The van der Waals surface area contributed by atoms with E-state index in [1.807, 2.05) is 0 Å². The average Bonchev–Trinajstić information content (AvgIpc) is 1.96. The molecule has 0 aromatic rings. The molecule has 1 rings (SSSR count). The van der Waals surface area contributed by atoms with E-state index in [1.165, 1.54) is 0 Å². The number of carbonyl (C=O) groups is 1. The molecule has 1 saturated carbocycles. The molecule has 0 unspecified atom stereocenters. The minimum absolute atomic E-state index is 0.204. The highest BCUT2D eigenvalue weighted by atomic mass is 16.1. The fourth-order valence-electron chi connectivity index (χ4n) is 0.904. The standard InChI is InChI=1S/C7H12O/c8-7-5-3-1-2-4-6-7/h1-6H2/i5D2. The van der Waals surface area contributed by atoms with Crippen LogP contribution in [0.3, 0.4) is 0 Å². The van der Waals surface area contributed by atoms with Crippen LogP contribution in [0.1, 0.15) is 41.2 Å². The molecule has 1 nitrogen and oxygen atoms in total. The second-order valence-corrected chi connectivity index (χ2v) is 2.16. The van der Waals surface area contributed by atoms with Crippen molar-refractivity contribution in [3.05, 3.63) is 0 Å². The SMILES string of the molecule is [2H]C1([2H])CCCCCC1=O. The maximum atomic E-state index is 11.0. The van der Waals surface area contributed by atoms with Crippen LogP contribution in [0.5, 0.6) is 0 Å². The molecule has 0 aliphatic heterocycles. The van der Waals surface area contributed by atoms with Gasteiger partial charge in [-0.15, -0.1) is 0 Å². The van der Waals surface area contributed by atoms with Crippen molar-refractivity contribution in [2.24, 2.45) is 0 Å². The van der Waals surface area contributed by atoms with Gasteiger partial charge < -0.3 is 0 Å². The van der Waals surface area contributed by atoms with E-state index in [2.05, 4.69) is 0 Å². The zero-order chi connectivity index (χ0) is 7.61. The smallest absolute Gasteiger partial charge is 0.132 e. The van der Waals surface area contributed by atoms with Gasteiger partial charge in [0.15, 0.2) is 0 Å². The fourth-order valence-corrected chi connectivity index (χ4v) is 0.904. The molecule has 0 N–H and O–H groups in total. The van der Waals surface area contributed by atoms with Crippen LogP contribution in [0.15, 0.2) is 0 Å². The molecule has 0 aromatic carbocycles. The van der Waals surface area contributed by atoms with Crippen LogP contribution < -0.4 is 0 Å². The van der Waals surface area contributed by atoms with Gasteiger partial charge in [0.25, 0.3) is 0 Å². The molecule has 0 amide bonds. The summed E-state index contributed by atoms with van der Waals surface area (Å²) in [6.45, 7) is 0. The summed E-state index contributed by atoms with van der Waals surface area (Å²) in [5.74, 6) is -0.204. The van der Waals surface area contributed by atoms with Crippen LogP contribution in [0.4, 0.5) is 0 Å². The Morgan fingerprint density at radius 2 is 2.00 bits per heavy atom. The maximum Gasteiger partial charge on any atom is 0.132 e. The molecule has 0 aromatic heterocycles. The van der Waals surface area contributed by atoms with Crippen LogP contribution >= 0.6 is 0 Å². The van der Waals surface area contributed by atoms with Crippen LogP contribution in [0.2, 0.25) is 0 Å². The highest BCUT2D eigenvalue weighted by Gasteiger charge is 2.04. The number of rotatable bonds is 0. The van der Waals surface area contributed by atoms with Crippen molar-refractivity contribution in [2.45, 2.75) is 38.5 Å². The van der Waals surface area contributed by atoms with E-state index in [0.717, 1.165) is 19.3 Å². The van der Waals surface area contributed by atoms with Gasteiger partial charge in [0.1, 0.15) is 5.78 Å². The van der Waals surface area contributed by atoms with Gasteiger partial charge in [-0.3, -0.25) is 4.79 Å². The first-order chi connectivity index (χ1) is 4.63. The van der Waals surface area contributed by atoms with Gasteiger partial charge >= 0.3 is 0 Å². The highest BCUT2D eigenvalue weighted by Crippen LogP contribution is 2.12. The first kappa shape index (κ1) is 3.65. The monoisotopic (exact) mass is 114 g/mol. The first-order valence-corrected chi connectivity index (χ1v) is 3.16. The minimum atomic E-state index is -1.52. The van der Waals surface area contributed by atoms with Crippen LogP contribution in [0, 0.1) is 0 Å². The molecule has 1 heteroatoms. The molecule has 1 aliphatic rings. The Bertz CT molecular complexity index is 143. The summed E-state index contributed by atoms with van der Waals surface area (Å²) < 4.78 is 14.6. The van der Waals surface area contributed by atoms with Crippen molar-refractivity contribution >= 4 is 5.78 Å². The van der Waals surface area contributed by atoms with Crippen molar-refractivity contribution < 1.29 is 7.54 Å². The van der Waals surface area contributed by atoms with Gasteiger partial charge in [0, 0.05) is 15.5 Å². The van der Waals surface area contributed by atoms with E-state index in [-0.39, 0.29) is 5.78 Å². The lowest BCUT2D eigenvalue weighted by Crippen LogP contribution is -1.91. The fraction of sp³-hybridized carbons (Fsp3) is 0.857. The largest absolute Gasteiger partial charge is 0.300 e. The highest BCUT2D eigenvalue weighted by molar-refractivity contribution is 5.78. The lowest BCUT2D eigenvalue weighted by atomic mass is 10.2. The molecule has 1 fully saturated rings. The maximum absolute atomic E-state index is 11.0. The predicted octanol–water partition coefficient (Wildman–Crippen LogP) is 1.91. The van der Waals surface area contributed by atoms with Crippen LogP contribution in [0.25, 0.3) is 0 Å². The number of hydrogen-bond acceptors (Lipinski definition) is 1. The van der Waals surface area contributed by atoms with Gasteiger partial charge in [-0.2, -0.15) is 0 Å². The van der Waals surface area contributed by atoms with E-state index in [9.17, 15) is 4.79 Å². The third kappa shape index (κ3) is 1.65. The second-order valence-electron chi connectivity index (χ2n) is 2.16. The van der Waals surface area contributed by atoms with Crippen molar-refractivity contribution in [3.8, 4) is 0 Å². The average molecular weight is 114 g/mol.